The van der Waals surface area contributed by atoms with E-state index < -0.39 is 0 Å². The Morgan fingerprint density at radius 3 is 2.36 bits per heavy atom. The molecule has 0 aliphatic heterocycles. The van der Waals surface area contributed by atoms with Crippen molar-refractivity contribution < 1.29 is 9.53 Å². The van der Waals surface area contributed by atoms with E-state index in [1.807, 2.05) is 12.1 Å². The molecule has 0 aliphatic rings. The Balaban J connectivity index is 2.69. The number of benzene rings is 1. The number of aryl methyl sites for hydroxylation is 1. The number of carbonyl (C=O) groups is 1. The summed E-state index contributed by atoms with van der Waals surface area (Å²) in [7, 11) is 0. The van der Waals surface area contributed by atoms with Gasteiger partial charge in [-0.2, -0.15) is 0 Å². The van der Waals surface area contributed by atoms with Crippen molar-refractivity contribution in [1.82, 2.24) is 0 Å². The SMILES string of the molecule is C=C(C)C(=O)Oc1ccc(CC)cc1. The van der Waals surface area contributed by atoms with Crippen LogP contribution >= 0.6 is 0 Å². The molecule has 2 heteroatoms. The maximum atomic E-state index is 11.1. The van der Waals surface area contributed by atoms with Crippen LogP contribution in [-0.4, -0.2) is 5.97 Å². The van der Waals surface area contributed by atoms with E-state index in [1.165, 1.54) is 5.56 Å². The van der Waals surface area contributed by atoms with E-state index in [4.69, 9.17) is 4.74 Å². The van der Waals surface area contributed by atoms with Gasteiger partial charge >= 0.3 is 5.97 Å². The maximum absolute atomic E-state index is 11.1. The quantitative estimate of drug-likeness (QED) is 0.416. The first kappa shape index (κ1) is 10.5. The largest absolute Gasteiger partial charge is 0.423 e. The Bertz CT molecular complexity index is 336. The molecule has 0 bridgehead atoms. The highest BCUT2D eigenvalue weighted by molar-refractivity contribution is 5.88. The molecule has 0 radical (unpaired) electrons. The monoisotopic (exact) mass is 190 g/mol. The Morgan fingerprint density at radius 1 is 1.36 bits per heavy atom. The molecule has 0 spiro atoms. The molecule has 1 aromatic rings. The van der Waals surface area contributed by atoms with Crippen molar-refractivity contribution in [3.63, 3.8) is 0 Å². The number of esters is 1. The summed E-state index contributed by atoms with van der Waals surface area (Å²) in [5.41, 5.74) is 1.63. The first-order valence-electron chi connectivity index (χ1n) is 4.60. The van der Waals surface area contributed by atoms with Crippen LogP contribution in [0.5, 0.6) is 5.75 Å². The van der Waals surface area contributed by atoms with Crippen LogP contribution in [0.4, 0.5) is 0 Å². The van der Waals surface area contributed by atoms with Gasteiger partial charge in [-0.05, 0) is 31.0 Å². The normalized spacial score (nSPS) is 9.57. The summed E-state index contributed by atoms with van der Waals surface area (Å²) in [6.07, 6.45) is 0.981. The van der Waals surface area contributed by atoms with E-state index in [1.54, 1.807) is 19.1 Å². The fourth-order valence-corrected chi connectivity index (χ4v) is 0.987. The Morgan fingerprint density at radius 2 is 1.93 bits per heavy atom. The zero-order valence-electron chi connectivity index (χ0n) is 8.54. The highest BCUT2D eigenvalue weighted by atomic mass is 16.5. The van der Waals surface area contributed by atoms with E-state index in [9.17, 15) is 4.79 Å². The molecule has 74 valence electrons. The smallest absolute Gasteiger partial charge is 0.338 e. The summed E-state index contributed by atoms with van der Waals surface area (Å²) in [5.74, 6) is 0.185. The van der Waals surface area contributed by atoms with Crippen LogP contribution in [0.25, 0.3) is 0 Å². The second-order valence-electron chi connectivity index (χ2n) is 3.17. The van der Waals surface area contributed by atoms with E-state index in [2.05, 4.69) is 13.5 Å². The third-order valence-corrected chi connectivity index (χ3v) is 1.89. The highest BCUT2D eigenvalue weighted by Crippen LogP contribution is 2.13. The van der Waals surface area contributed by atoms with Crippen LogP contribution in [0.2, 0.25) is 0 Å². The predicted molar refractivity (Wildman–Crippen MR) is 56.3 cm³/mol. The van der Waals surface area contributed by atoms with Gasteiger partial charge in [0.25, 0.3) is 0 Å². The van der Waals surface area contributed by atoms with Crippen LogP contribution in [0.1, 0.15) is 19.4 Å². The molecule has 14 heavy (non-hydrogen) atoms. The van der Waals surface area contributed by atoms with Gasteiger partial charge in [0, 0.05) is 5.57 Å². The minimum atomic E-state index is -0.380. The number of ether oxygens (including phenoxy) is 1. The van der Waals surface area contributed by atoms with Gasteiger partial charge in [0.05, 0.1) is 0 Å². The van der Waals surface area contributed by atoms with Crippen molar-refractivity contribution in [2.75, 3.05) is 0 Å². The third-order valence-electron chi connectivity index (χ3n) is 1.89. The predicted octanol–water partition coefficient (Wildman–Crippen LogP) is 2.73. The fraction of sp³-hybridized carbons (Fsp3) is 0.250. The Labute approximate surface area is 84.2 Å². The molecule has 0 saturated carbocycles. The first-order valence-corrected chi connectivity index (χ1v) is 4.60. The van der Waals surface area contributed by atoms with E-state index in [0.29, 0.717) is 11.3 Å². The minimum absolute atomic E-state index is 0.380. The molecule has 2 nitrogen and oxygen atoms in total. The van der Waals surface area contributed by atoms with Crippen molar-refractivity contribution in [2.24, 2.45) is 0 Å². The summed E-state index contributed by atoms with van der Waals surface area (Å²) in [6, 6.07) is 7.47. The molecular formula is C12H14O2. The van der Waals surface area contributed by atoms with E-state index in [0.717, 1.165) is 6.42 Å². The number of rotatable bonds is 3. The molecular weight excluding hydrogens is 176 g/mol. The Hall–Kier alpha value is -1.57. The molecule has 1 rings (SSSR count). The van der Waals surface area contributed by atoms with Gasteiger partial charge in [-0.3, -0.25) is 0 Å². The van der Waals surface area contributed by atoms with Crippen molar-refractivity contribution in [1.29, 1.82) is 0 Å². The van der Waals surface area contributed by atoms with Gasteiger partial charge in [-0.15, -0.1) is 0 Å². The Kier molecular flexibility index (Phi) is 3.46. The lowest BCUT2D eigenvalue weighted by atomic mass is 10.2. The second-order valence-corrected chi connectivity index (χ2v) is 3.17. The summed E-state index contributed by atoms with van der Waals surface area (Å²) in [4.78, 5) is 11.1. The second kappa shape index (κ2) is 4.61. The summed E-state index contributed by atoms with van der Waals surface area (Å²) in [5, 5.41) is 0. The maximum Gasteiger partial charge on any atom is 0.338 e. The van der Waals surface area contributed by atoms with Crippen LogP contribution in [0.3, 0.4) is 0 Å². The average molecular weight is 190 g/mol. The van der Waals surface area contributed by atoms with Crippen molar-refractivity contribution in [3.05, 3.63) is 42.0 Å². The topological polar surface area (TPSA) is 26.3 Å². The molecule has 0 amide bonds. The lowest BCUT2D eigenvalue weighted by Gasteiger charge is -2.03. The lowest BCUT2D eigenvalue weighted by molar-refractivity contribution is -0.130. The van der Waals surface area contributed by atoms with Gasteiger partial charge in [-0.1, -0.05) is 25.6 Å². The van der Waals surface area contributed by atoms with Gasteiger partial charge < -0.3 is 4.74 Å². The highest BCUT2D eigenvalue weighted by Gasteiger charge is 2.04. The molecule has 0 fully saturated rings. The molecule has 0 heterocycles. The molecule has 0 saturated heterocycles. The van der Waals surface area contributed by atoms with Gasteiger partial charge in [-0.25, -0.2) is 4.79 Å². The summed E-state index contributed by atoms with van der Waals surface area (Å²) in [6.45, 7) is 7.22. The van der Waals surface area contributed by atoms with E-state index in [-0.39, 0.29) is 5.97 Å². The first-order chi connectivity index (χ1) is 6.63. The fourth-order valence-electron chi connectivity index (χ4n) is 0.987. The van der Waals surface area contributed by atoms with Crippen molar-refractivity contribution in [2.45, 2.75) is 20.3 Å². The van der Waals surface area contributed by atoms with Gasteiger partial charge in [0.1, 0.15) is 5.75 Å². The molecule has 1 aromatic carbocycles. The zero-order chi connectivity index (χ0) is 10.6. The number of hydrogen-bond donors (Lipinski definition) is 0. The van der Waals surface area contributed by atoms with Crippen LogP contribution < -0.4 is 4.74 Å². The molecule has 0 aromatic heterocycles. The minimum Gasteiger partial charge on any atom is -0.423 e. The van der Waals surface area contributed by atoms with Crippen LogP contribution in [-0.2, 0) is 11.2 Å². The molecule has 0 unspecified atom stereocenters. The van der Waals surface area contributed by atoms with Gasteiger partial charge in [0.15, 0.2) is 0 Å². The summed E-state index contributed by atoms with van der Waals surface area (Å²) < 4.78 is 5.04. The summed E-state index contributed by atoms with van der Waals surface area (Å²) >= 11 is 0. The third kappa shape index (κ3) is 2.73. The van der Waals surface area contributed by atoms with Gasteiger partial charge in [0.2, 0.25) is 0 Å². The van der Waals surface area contributed by atoms with Crippen LogP contribution in [0.15, 0.2) is 36.4 Å². The molecule has 0 aliphatic carbocycles. The van der Waals surface area contributed by atoms with Crippen molar-refractivity contribution >= 4 is 5.97 Å². The number of hydrogen-bond acceptors (Lipinski definition) is 2. The number of carbonyl (C=O) groups excluding carboxylic acids is 1. The van der Waals surface area contributed by atoms with E-state index >= 15 is 0 Å². The van der Waals surface area contributed by atoms with Crippen LogP contribution in [0, 0.1) is 0 Å². The molecule has 0 atom stereocenters. The molecule has 0 N–H and O–H groups in total. The standard InChI is InChI=1S/C12H14O2/c1-4-10-5-7-11(8-6-10)14-12(13)9(2)3/h5-8H,2,4H2,1,3H3. The average Bonchev–Trinajstić information content (AvgIpc) is 2.19. The zero-order valence-corrected chi connectivity index (χ0v) is 8.54. The lowest BCUT2D eigenvalue weighted by Crippen LogP contribution is -2.07. The van der Waals surface area contributed by atoms with Crippen molar-refractivity contribution in [3.8, 4) is 5.75 Å².